The van der Waals surface area contributed by atoms with Gasteiger partial charge in [-0.25, -0.2) is 0 Å². The highest BCUT2D eigenvalue weighted by molar-refractivity contribution is 7.99. The first-order chi connectivity index (χ1) is 8.36. The number of hydrogen-bond acceptors (Lipinski definition) is 3. The summed E-state index contributed by atoms with van der Waals surface area (Å²) in [5.74, 6) is 1.96. The molecule has 0 spiro atoms. The van der Waals surface area contributed by atoms with E-state index in [-0.39, 0.29) is 0 Å². The molecule has 2 aliphatic heterocycles. The lowest BCUT2D eigenvalue weighted by Crippen LogP contribution is -2.28. The molecule has 92 valence electrons. The molecular formula is C14H19NOS. The number of likely N-dealkylation sites (tertiary alicyclic amines) is 1. The van der Waals surface area contributed by atoms with Gasteiger partial charge in [0.05, 0.1) is 6.10 Å². The average molecular weight is 249 g/mol. The standard InChI is InChI=1S/C14H19NOS/c1-16-12-6-7-15(9-12)8-11-10-17-14-5-3-2-4-13(11)14/h2-5,11-12H,6-10H2,1H3. The van der Waals surface area contributed by atoms with Crippen molar-refractivity contribution in [3.8, 4) is 0 Å². The van der Waals surface area contributed by atoms with E-state index in [1.807, 2.05) is 18.9 Å². The lowest BCUT2D eigenvalue weighted by Gasteiger charge is -2.20. The van der Waals surface area contributed by atoms with Crippen LogP contribution in [0.3, 0.4) is 0 Å². The van der Waals surface area contributed by atoms with Crippen LogP contribution in [-0.2, 0) is 4.74 Å². The summed E-state index contributed by atoms with van der Waals surface area (Å²) in [6.07, 6.45) is 1.65. The van der Waals surface area contributed by atoms with Gasteiger partial charge < -0.3 is 9.64 Å². The predicted molar refractivity (Wildman–Crippen MR) is 71.8 cm³/mol. The van der Waals surface area contributed by atoms with Crippen LogP contribution in [0.1, 0.15) is 17.9 Å². The Morgan fingerprint density at radius 3 is 3.12 bits per heavy atom. The number of thioether (sulfide) groups is 1. The second-order valence-electron chi connectivity index (χ2n) is 4.95. The van der Waals surface area contributed by atoms with Crippen molar-refractivity contribution < 1.29 is 4.74 Å². The van der Waals surface area contributed by atoms with Crippen molar-refractivity contribution >= 4 is 11.8 Å². The molecule has 1 aromatic rings. The zero-order valence-corrected chi connectivity index (χ0v) is 11.1. The molecule has 0 aliphatic carbocycles. The van der Waals surface area contributed by atoms with Gasteiger partial charge in [-0.05, 0) is 18.1 Å². The molecule has 3 heteroatoms. The molecular weight excluding hydrogens is 230 g/mol. The molecule has 1 saturated heterocycles. The Labute approximate surface area is 107 Å². The monoisotopic (exact) mass is 249 g/mol. The molecule has 0 aromatic heterocycles. The second kappa shape index (κ2) is 5.01. The van der Waals surface area contributed by atoms with Crippen LogP contribution in [0, 0.1) is 0 Å². The lowest BCUT2D eigenvalue weighted by molar-refractivity contribution is 0.107. The van der Waals surface area contributed by atoms with Gasteiger partial charge in [0.1, 0.15) is 0 Å². The van der Waals surface area contributed by atoms with Crippen LogP contribution in [0.4, 0.5) is 0 Å². The summed E-state index contributed by atoms with van der Waals surface area (Å²) in [5.41, 5.74) is 1.55. The summed E-state index contributed by atoms with van der Waals surface area (Å²) >= 11 is 2.01. The molecule has 1 aromatic carbocycles. The molecule has 0 radical (unpaired) electrons. The molecule has 0 N–H and O–H groups in total. The number of fused-ring (bicyclic) bond motifs is 1. The fourth-order valence-electron chi connectivity index (χ4n) is 2.85. The van der Waals surface area contributed by atoms with Crippen LogP contribution in [0.2, 0.25) is 0 Å². The molecule has 2 heterocycles. The first-order valence-electron chi connectivity index (χ1n) is 6.33. The molecule has 2 atom stereocenters. The van der Waals surface area contributed by atoms with Crippen molar-refractivity contribution in [1.29, 1.82) is 0 Å². The summed E-state index contributed by atoms with van der Waals surface area (Å²) in [6, 6.07) is 8.86. The largest absolute Gasteiger partial charge is 0.380 e. The molecule has 0 bridgehead atoms. The molecule has 2 unspecified atom stereocenters. The van der Waals surface area contributed by atoms with Gasteiger partial charge in [-0.1, -0.05) is 18.2 Å². The van der Waals surface area contributed by atoms with Crippen LogP contribution in [0.25, 0.3) is 0 Å². The Morgan fingerprint density at radius 2 is 2.29 bits per heavy atom. The van der Waals surface area contributed by atoms with Gasteiger partial charge >= 0.3 is 0 Å². The van der Waals surface area contributed by atoms with Gasteiger partial charge in [0.25, 0.3) is 0 Å². The van der Waals surface area contributed by atoms with E-state index in [1.165, 1.54) is 30.2 Å². The van der Waals surface area contributed by atoms with E-state index in [1.54, 1.807) is 5.56 Å². The maximum absolute atomic E-state index is 5.43. The van der Waals surface area contributed by atoms with Crippen LogP contribution < -0.4 is 0 Å². The zero-order chi connectivity index (χ0) is 11.7. The highest BCUT2D eigenvalue weighted by Gasteiger charge is 2.28. The summed E-state index contributed by atoms with van der Waals surface area (Å²) < 4.78 is 5.43. The van der Waals surface area contributed by atoms with E-state index in [9.17, 15) is 0 Å². The highest BCUT2D eigenvalue weighted by Crippen LogP contribution is 2.39. The van der Waals surface area contributed by atoms with Crippen molar-refractivity contribution in [2.45, 2.75) is 23.3 Å². The van der Waals surface area contributed by atoms with Crippen molar-refractivity contribution in [3.05, 3.63) is 29.8 Å². The normalized spacial score (nSPS) is 28.5. The smallest absolute Gasteiger partial charge is 0.0710 e. The van der Waals surface area contributed by atoms with Gasteiger partial charge in [0.15, 0.2) is 0 Å². The van der Waals surface area contributed by atoms with Crippen molar-refractivity contribution in [2.24, 2.45) is 0 Å². The zero-order valence-electron chi connectivity index (χ0n) is 10.3. The van der Waals surface area contributed by atoms with Gasteiger partial charge in [-0.15, -0.1) is 11.8 Å². The number of rotatable bonds is 3. The Balaban J connectivity index is 1.64. The van der Waals surface area contributed by atoms with Crippen LogP contribution >= 0.6 is 11.8 Å². The van der Waals surface area contributed by atoms with E-state index in [0.717, 1.165) is 6.54 Å². The van der Waals surface area contributed by atoms with E-state index in [2.05, 4.69) is 29.2 Å². The Morgan fingerprint density at radius 1 is 1.41 bits per heavy atom. The fraction of sp³-hybridized carbons (Fsp3) is 0.571. The van der Waals surface area contributed by atoms with Crippen molar-refractivity contribution in [2.75, 3.05) is 32.5 Å². The SMILES string of the molecule is COC1CCN(CC2CSc3ccccc32)C1. The van der Waals surface area contributed by atoms with Crippen molar-refractivity contribution in [3.63, 3.8) is 0 Å². The lowest BCUT2D eigenvalue weighted by atomic mass is 10.0. The Hall–Kier alpha value is -0.510. The predicted octanol–water partition coefficient (Wildman–Crippen LogP) is 2.60. The molecule has 3 rings (SSSR count). The molecule has 2 nitrogen and oxygen atoms in total. The number of ether oxygens (including phenoxy) is 1. The first kappa shape index (κ1) is 11.6. The third-order valence-electron chi connectivity index (χ3n) is 3.84. The van der Waals surface area contributed by atoms with Crippen LogP contribution in [0.5, 0.6) is 0 Å². The van der Waals surface area contributed by atoms with E-state index >= 15 is 0 Å². The Bertz CT molecular complexity index is 396. The number of methoxy groups -OCH3 is 1. The van der Waals surface area contributed by atoms with Gasteiger partial charge in [-0.3, -0.25) is 0 Å². The number of hydrogen-bond donors (Lipinski definition) is 0. The molecule has 1 fully saturated rings. The van der Waals surface area contributed by atoms with Crippen molar-refractivity contribution in [1.82, 2.24) is 4.90 Å². The topological polar surface area (TPSA) is 12.5 Å². The maximum Gasteiger partial charge on any atom is 0.0710 e. The first-order valence-corrected chi connectivity index (χ1v) is 7.32. The molecule has 2 aliphatic rings. The quantitative estimate of drug-likeness (QED) is 0.817. The summed E-state index contributed by atoms with van der Waals surface area (Å²) in [6.45, 7) is 3.51. The third kappa shape index (κ3) is 2.37. The molecule has 17 heavy (non-hydrogen) atoms. The summed E-state index contributed by atoms with van der Waals surface area (Å²) in [7, 11) is 1.83. The fourth-order valence-corrected chi connectivity index (χ4v) is 4.09. The maximum atomic E-state index is 5.43. The molecule has 0 amide bonds. The van der Waals surface area contributed by atoms with E-state index in [4.69, 9.17) is 4.74 Å². The van der Waals surface area contributed by atoms with E-state index < -0.39 is 0 Å². The average Bonchev–Trinajstić information content (AvgIpc) is 2.97. The Kier molecular flexibility index (Phi) is 3.41. The van der Waals surface area contributed by atoms with Gasteiger partial charge in [0, 0.05) is 43.3 Å². The van der Waals surface area contributed by atoms with Gasteiger partial charge in [0.2, 0.25) is 0 Å². The number of nitrogens with zero attached hydrogens (tertiary/aromatic N) is 1. The molecule has 0 saturated carbocycles. The third-order valence-corrected chi connectivity index (χ3v) is 5.09. The second-order valence-corrected chi connectivity index (χ2v) is 6.01. The van der Waals surface area contributed by atoms with Crippen LogP contribution in [-0.4, -0.2) is 43.5 Å². The minimum absolute atomic E-state index is 0.458. The highest BCUT2D eigenvalue weighted by atomic mass is 32.2. The minimum Gasteiger partial charge on any atom is -0.380 e. The minimum atomic E-state index is 0.458. The summed E-state index contributed by atoms with van der Waals surface area (Å²) in [5, 5.41) is 0. The summed E-state index contributed by atoms with van der Waals surface area (Å²) in [4.78, 5) is 4.04. The van der Waals surface area contributed by atoms with Gasteiger partial charge in [-0.2, -0.15) is 0 Å². The van der Waals surface area contributed by atoms with E-state index in [0.29, 0.717) is 12.0 Å². The number of benzene rings is 1. The van der Waals surface area contributed by atoms with Crippen LogP contribution in [0.15, 0.2) is 29.2 Å².